The van der Waals surface area contributed by atoms with Crippen molar-refractivity contribution in [1.82, 2.24) is 9.97 Å². The van der Waals surface area contributed by atoms with E-state index in [1.165, 1.54) is 12.3 Å². The molecular formula is C16H14F4N2O3. The smallest absolute Gasteiger partial charge is 0.387 e. The van der Waals surface area contributed by atoms with Crippen molar-refractivity contribution >= 4 is 5.78 Å². The normalized spacial score (nSPS) is 11.0. The van der Waals surface area contributed by atoms with E-state index in [1.54, 1.807) is 13.1 Å². The number of rotatable bonds is 8. The number of hydrogen-bond acceptors (Lipinski definition) is 5. The van der Waals surface area contributed by atoms with Gasteiger partial charge in [0.1, 0.15) is 0 Å². The SMILES string of the molecule is Cc1cnc(CCC(=O)c2ccc(OC(F)F)c(OC(F)F)c2)cn1. The van der Waals surface area contributed by atoms with Gasteiger partial charge in [-0.3, -0.25) is 14.8 Å². The van der Waals surface area contributed by atoms with E-state index in [2.05, 4.69) is 19.4 Å². The molecule has 0 aliphatic rings. The molecule has 9 heteroatoms. The molecule has 1 aromatic carbocycles. The third-order valence-corrected chi connectivity index (χ3v) is 3.14. The Bertz CT molecular complexity index is 724. The van der Waals surface area contributed by atoms with Crippen LogP contribution in [-0.4, -0.2) is 29.0 Å². The molecule has 0 saturated heterocycles. The lowest BCUT2D eigenvalue weighted by molar-refractivity contribution is -0.0692. The van der Waals surface area contributed by atoms with Gasteiger partial charge < -0.3 is 9.47 Å². The molecule has 2 aromatic rings. The van der Waals surface area contributed by atoms with Gasteiger partial charge in [0.2, 0.25) is 0 Å². The van der Waals surface area contributed by atoms with Crippen molar-refractivity contribution in [2.75, 3.05) is 0 Å². The summed E-state index contributed by atoms with van der Waals surface area (Å²) < 4.78 is 57.6. The molecule has 134 valence electrons. The van der Waals surface area contributed by atoms with Gasteiger partial charge in [0, 0.05) is 24.4 Å². The van der Waals surface area contributed by atoms with Crippen molar-refractivity contribution in [1.29, 1.82) is 0 Å². The summed E-state index contributed by atoms with van der Waals surface area (Å²) in [6, 6.07) is 3.15. The molecular weight excluding hydrogens is 344 g/mol. The molecule has 0 radical (unpaired) electrons. The maximum absolute atomic E-state index is 12.4. The number of ketones is 1. The average Bonchev–Trinajstić information content (AvgIpc) is 2.54. The summed E-state index contributed by atoms with van der Waals surface area (Å²) in [6.45, 7) is -4.68. The van der Waals surface area contributed by atoms with Gasteiger partial charge in [-0.25, -0.2) is 0 Å². The number of halogens is 4. The summed E-state index contributed by atoms with van der Waals surface area (Å²) in [4.78, 5) is 20.3. The lowest BCUT2D eigenvalue weighted by Crippen LogP contribution is -2.09. The fourth-order valence-corrected chi connectivity index (χ4v) is 2.00. The third kappa shape index (κ3) is 5.70. The molecule has 0 unspecified atom stereocenters. The van der Waals surface area contributed by atoms with Crippen molar-refractivity contribution in [2.24, 2.45) is 0 Å². The molecule has 25 heavy (non-hydrogen) atoms. The molecule has 0 bridgehead atoms. The van der Waals surface area contributed by atoms with Crippen LogP contribution in [0.3, 0.4) is 0 Å². The minimum absolute atomic E-state index is 0.0392. The Balaban J connectivity index is 2.11. The minimum Gasteiger partial charge on any atom is -0.431 e. The van der Waals surface area contributed by atoms with Crippen LogP contribution in [0.1, 0.15) is 28.2 Å². The Morgan fingerprint density at radius 1 is 1.04 bits per heavy atom. The Morgan fingerprint density at radius 2 is 1.72 bits per heavy atom. The molecule has 5 nitrogen and oxygen atoms in total. The molecule has 2 rings (SSSR count). The number of ether oxygens (including phenoxy) is 2. The number of hydrogen-bond donors (Lipinski definition) is 0. The van der Waals surface area contributed by atoms with E-state index in [9.17, 15) is 22.4 Å². The van der Waals surface area contributed by atoms with Crippen molar-refractivity contribution in [3.8, 4) is 11.5 Å². The summed E-state index contributed by atoms with van der Waals surface area (Å²) in [6.07, 6.45) is 3.44. The van der Waals surface area contributed by atoms with Gasteiger partial charge in [0.25, 0.3) is 0 Å². The molecule has 0 N–H and O–H groups in total. The second-order valence-electron chi connectivity index (χ2n) is 4.99. The number of benzene rings is 1. The van der Waals surface area contributed by atoms with E-state index in [0.717, 1.165) is 17.8 Å². The van der Waals surface area contributed by atoms with Gasteiger partial charge in [-0.05, 0) is 31.5 Å². The summed E-state index contributed by atoms with van der Waals surface area (Å²) in [5.74, 6) is -1.59. The molecule has 0 spiro atoms. The molecule has 0 aliphatic carbocycles. The van der Waals surface area contributed by atoms with E-state index in [-0.39, 0.29) is 17.8 Å². The second kappa shape index (κ2) is 8.41. The summed E-state index contributed by atoms with van der Waals surface area (Å²) in [7, 11) is 0. The van der Waals surface area contributed by atoms with Crippen LogP contribution in [0.25, 0.3) is 0 Å². The predicted octanol–water partition coefficient (Wildman–Crippen LogP) is 3.80. The molecule has 0 amide bonds. The Labute approximate surface area is 140 Å². The fourth-order valence-electron chi connectivity index (χ4n) is 2.00. The Kier molecular flexibility index (Phi) is 6.26. The number of carbonyl (C=O) groups is 1. The zero-order chi connectivity index (χ0) is 18.4. The molecule has 0 aliphatic heterocycles. The van der Waals surface area contributed by atoms with Crippen LogP contribution in [0, 0.1) is 6.92 Å². The molecule has 0 saturated carbocycles. The average molecular weight is 358 g/mol. The van der Waals surface area contributed by atoms with Crippen LogP contribution < -0.4 is 9.47 Å². The van der Waals surface area contributed by atoms with Crippen LogP contribution in [0.5, 0.6) is 11.5 Å². The summed E-state index contributed by atoms with van der Waals surface area (Å²) in [5, 5.41) is 0. The first-order chi connectivity index (χ1) is 11.8. The lowest BCUT2D eigenvalue weighted by atomic mass is 10.0. The van der Waals surface area contributed by atoms with Gasteiger partial charge in [-0.2, -0.15) is 17.6 Å². The minimum atomic E-state index is -3.24. The van der Waals surface area contributed by atoms with Crippen molar-refractivity contribution in [3.05, 3.63) is 47.5 Å². The number of aromatic nitrogens is 2. The quantitative estimate of drug-likeness (QED) is 0.531. The van der Waals surface area contributed by atoms with Gasteiger partial charge in [0.15, 0.2) is 17.3 Å². The number of aryl methyl sites for hydroxylation is 2. The van der Waals surface area contributed by atoms with Crippen LogP contribution in [0.4, 0.5) is 17.6 Å². The zero-order valence-corrected chi connectivity index (χ0v) is 13.1. The maximum atomic E-state index is 12.4. The number of carbonyl (C=O) groups excluding carboxylic acids is 1. The van der Waals surface area contributed by atoms with Crippen molar-refractivity contribution in [3.63, 3.8) is 0 Å². The lowest BCUT2D eigenvalue weighted by Gasteiger charge is -2.12. The van der Waals surface area contributed by atoms with Crippen LogP contribution >= 0.6 is 0 Å². The van der Waals surface area contributed by atoms with Crippen LogP contribution in [0.2, 0.25) is 0 Å². The monoisotopic (exact) mass is 358 g/mol. The summed E-state index contributed by atoms with van der Waals surface area (Å²) in [5.41, 5.74) is 1.37. The first-order valence-corrected chi connectivity index (χ1v) is 7.19. The number of Topliss-reactive ketones (excluding diaryl/α,β-unsaturated/α-hetero) is 1. The Hall–Kier alpha value is -2.71. The highest BCUT2D eigenvalue weighted by Crippen LogP contribution is 2.31. The third-order valence-electron chi connectivity index (χ3n) is 3.14. The molecule has 1 aromatic heterocycles. The van der Waals surface area contributed by atoms with Crippen molar-refractivity contribution < 1.29 is 31.8 Å². The van der Waals surface area contributed by atoms with Gasteiger partial charge >= 0.3 is 13.2 Å². The van der Waals surface area contributed by atoms with E-state index in [1.807, 2.05) is 0 Å². The van der Waals surface area contributed by atoms with Gasteiger partial charge in [0.05, 0.1) is 11.4 Å². The van der Waals surface area contributed by atoms with Crippen LogP contribution in [0.15, 0.2) is 30.6 Å². The van der Waals surface area contributed by atoms with E-state index in [4.69, 9.17) is 0 Å². The highest BCUT2D eigenvalue weighted by molar-refractivity contribution is 5.96. The maximum Gasteiger partial charge on any atom is 0.387 e. The largest absolute Gasteiger partial charge is 0.431 e. The van der Waals surface area contributed by atoms with Gasteiger partial charge in [-0.15, -0.1) is 0 Å². The second-order valence-corrected chi connectivity index (χ2v) is 4.99. The van der Waals surface area contributed by atoms with Crippen LogP contribution in [-0.2, 0) is 6.42 Å². The molecule has 0 atom stereocenters. The summed E-state index contributed by atoms with van der Waals surface area (Å²) >= 11 is 0. The Morgan fingerprint density at radius 3 is 2.32 bits per heavy atom. The standard InChI is InChI=1S/C16H14F4N2O3/c1-9-7-22-11(8-21-9)3-4-12(23)10-2-5-13(24-15(17)18)14(6-10)25-16(19)20/h2,5-8,15-16H,3-4H2,1H3. The topological polar surface area (TPSA) is 61.3 Å². The number of alkyl halides is 4. The highest BCUT2D eigenvalue weighted by Gasteiger charge is 2.17. The number of nitrogens with zero attached hydrogens (tertiary/aromatic N) is 2. The van der Waals surface area contributed by atoms with Gasteiger partial charge in [-0.1, -0.05) is 0 Å². The predicted molar refractivity (Wildman–Crippen MR) is 79.1 cm³/mol. The fraction of sp³-hybridized carbons (Fsp3) is 0.312. The highest BCUT2D eigenvalue weighted by atomic mass is 19.3. The molecule has 1 heterocycles. The molecule has 0 fully saturated rings. The first kappa shape index (κ1) is 18.6. The van der Waals surface area contributed by atoms with E-state index >= 15 is 0 Å². The zero-order valence-electron chi connectivity index (χ0n) is 13.1. The van der Waals surface area contributed by atoms with Crippen molar-refractivity contribution in [2.45, 2.75) is 33.0 Å². The van der Waals surface area contributed by atoms with E-state index in [0.29, 0.717) is 12.1 Å². The first-order valence-electron chi connectivity index (χ1n) is 7.19. The van der Waals surface area contributed by atoms with E-state index < -0.39 is 24.7 Å².